The Kier molecular flexibility index (Phi) is 4.85. The minimum Gasteiger partial charge on any atom is -0.465 e. The maximum Gasteiger partial charge on any atom is 0.266 e. The molecule has 0 aliphatic heterocycles. The molecule has 7 heteroatoms. The normalized spacial score (nSPS) is 11.2. The Morgan fingerprint density at radius 3 is 2.85 bits per heavy atom. The number of carbonyl (C=O) groups excluding carboxylic acids is 2. The number of nitrogens with zero attached hydrogens (tertiary/aromatic N) is 2. The van der Waals surface area contributed by atoms with Gasteiger partial charge in [0.05, 0.1) is 11.8 Å². The topological polar surface area (TPSA) is 100 Å². The van der Waals surface area contributed by atoms with Crippen molar-refractivity contribution in [1.82, 2.24) is 9.88 Å². The third-order valence-electron chi connectivity index (χ3n) is 3.82. The third-order valence-corrected chi connectivity index (χ3v) is 3.82. The van der Waals surface area contributed by atoms with Crippen molar-refractivity contribution in [2.24, 2.45) is 0 Å². The molecule has 0 spiro atoms. The molecule has 26 heavy (non-hydrogen) atoms. The van der Waals surface area contributed by atoms with Crippen molar-refractivity contribution in [2.75, 3.05) is 12.4 Å². The van der Waals surface area contributed by atoms with E-state index in [1.54, 1.807) is 35.9 Å². The number of nitrogens with one attached hydrogen (secondary N) is 2. The first-order valence-corrected chi connectivity index (χ1v) is 7.87. The van der Waals surface area contributed by atoms with Gasteiger partial charge in [-0.25, -0.2) is 0 Å². The van der Waals surface area contributed by atoms with Gasteiger partial charge in [-0.2, -0.15) is 5.26 Å². The third kappa shape index (κ3) is 3.65. The van der Waals surface area contributed by atoms with E-state index < -0.39 is 5.91 Å². The van der Waals surface area contributed by atoms with Crippen molar-refractivity contribution in [3.05, 3.63) is 60.2 Å². The molecule has 2 aromatic heterocycles. The summed E-state index contributed by atoms with van der Waals surface area (Å²) in [5.41, 5.74) is 1.26. The van der Waals surface area contributed by atoms with Crippen LogP contribution in [0.25, 0.3) is 17.0 Å². The molecule has 7 nitrogen and oxygen atoms in total. The van der Waals surface area contributed by atoms with Crippen LogP contribution in [0.3, 0.4) is 0 Å². The van der Waals surface area contributed by atoms with Gasteiger partial charge in [0.2, 0.25) is 5.91 Å². The summed E-state index contributed by atoms with van der Waals surface area (Å²) in [6, 6.07) is 12.4. The summed E-state index contributed by atoms with van der Waals surface area (Å²) in [7, 11) is 1.58. The molecular weight excluding hydrogens is 332 g/mol. The van der Waals surface area contributed by atoms with Gasteiger partial charge in [-0.1, -0.05) is 6.07 Å². The lowest BCUT2D eigenvalue weighted by atomic mass is 10.2. The van der Waals surface area contributed by atoms with E-state index in [0.29, 0.717) is 11.4 Å². The number of aromatic nitrogens is 1. The second kappa shape index (κ2) is 7.40. The van der Waals surface area contributed by atoms with Crippen LogP contribution in [-0.4, -0.2) is 23.4 Å². The number of anilines is 1. The fourth-order valence-corrected chi connectivity index (χ4v) is 2.50. The maximum atomic E-state index is 12.3. The number of nitriles is 1. The van der Waals surface area contributed by atoms with Crippen molar-refractivity contribution in [3.8, 4) is 6.07 Å². The summed E-state index contributed by atoms with van der Waals surface area (Å²) in [5, 5.41) is 15.4. The molecule has 2 N–H and O–H groups in total. The molecule has 3 aromatic rings. The van der Waals surface area contributed by atoms with Crippen LogP contribution in [-0.2, 0) is 16.1 Å². The standard InChI is InChI=1S/C19H16N4O3/c1-21-18(24)12-23-7-6-13-4-5-15(10-17(13)23)22-19(25)14(11-20)9-16-3-2-8-26-16/h2-10H,12H2,1H3,(H,21,24)(H,22,25)/b14-9+. The fourth-order valence-electron chi connectivity index (χ4n) is 2.50. The SMILES string of the molecule is CNC(=O)Cn1ccc2ccc(NC(=O)/C(C#N)=C/c3ccco3)cc21. The summed E-state index contributed by atoms with van der Waals surface area (Å²) in [5.74, 6) is -0.232. The molecule has 0 saturated carbocycles. The van der Waals surface area contributed by atoms with Gasteiger partial charge < -0.3 is 19.6 Å². The quantitative estimate of drug-likeness (QED) is 0.546. The van der Waals surface area contributed by atoms with Crippen molar-refractivity contribution in [2.45, 2.75) is 6.54 Å². The molecule has 0 aliphatic rings. The molecular formula is C19H16N4O3. The van der Waals surface area contributed by atoms with Crippen molar-refractivity contribution >= 4 is 34.5 Å². The molecule has 0 aliphatic carbocycles. The number of hydrogen-bond donors (Lipinski definition) is 2. The average Bonchev–Trinajstić information content (AvgIpc) is 3.29. The van der Waals surface area contributed by atoms with Gasteiger partial charge in [0.25, 0.3) is 5.91 Å². The zero-order valence-electron chi connectivity index (χ0n) is 14.0. The summed E-state index contributed by atoms with van der Waals surface area (Å²) >= 11 is 0. The Morgan fingerprint density at radius 1 is 1.31 bits per heavy atom. The van der Waals surface area contributed by atoms with E-state index in [1.165, 1.54) is 12.3 Å². The number of amides is 2. The highest BCUT2D eigenvalue weighted by atomic mass is 16.3. The van der Waals surface area contributed by atoms with Crippen LogP contribution in [0.5, 0.6) is 0 Å². The number of rotatable bonds is 5. The molecule has 1 aromatic carbocycles. The number of carbonyl (C=O) groups is 2. The van der Waals surface area contributed by atoms with Gasteiger partial charge in [-0.05, 0) is 35.7 Å². The zero-order valence-corrected chi connectivity index (χ0v) is 14.0. The van der Waals surface area contributed by atoms with E-state index in [4.69, 9.17) is 4.42 Å². The van der Waals surface area contributed by atoms with Gasteiger partial charge in [0.15, 0.2) is 0 Å². The number of hydrogen-bond acceptors (Lipinski definition) is 4. The van der Waals surface area contributed by atoms with Crippen LogP contribution in [0.1, 0.15) is 5.76 Å². The van der Waals surface area contributed by atoms with E-state index in [9.17, 15) is 14.9 Å². The molecule has 0 unspecified atom stereocenters. The second-order valence-corrected chi connectivity index (χ2v) is 5.53. The lowest BCUT2D eigenvalue weighted by molar-refractivity contribution is -0.121. The van der Waals surface area contributed by atoms with Crippen LogP contribution < -0.4 is 10.6 Å². The lowest BCUT2D eigenvalue weighted by Crippen LogP contribution is -2.23. The highest BCUT2D eigenvalue weighted by Gasteiger charge is 2.12. The first-order valence-electron chi connectivity index (χ1n) is 7.87. The molecule has 130 valence electrons. The summed E-state index contributed by atoms with van der Waals surface area (Å²) in [6.07, 6.45) is 4.65. The predicted molar refractivity (Wildman–Crippen MR) is 96.9 cm³/mol. The fraction of sp³-hybridized carbons (Fsp3) is 0.105. The molecule has 3 rings (SSSR count). The van der Waals surface area contributed by atoms with Crippen LogP contribution in [0.4, 0.5) is 5.69 Å². The summed E-state index contributed by atoms with van der Waals surface area (Å²) in [6.45, 7) is 0.180. The average molecular weight is 348 g/mol. The number of fused-ring (bicyclic) bond motifs is 1. The molecule has 0 radical (unpaired) electrons. The Labute approximate surface area is 149 Å². The Balaban J connectivity index is 1.84. The molecule has 0 saturated heterocycles. The van der Waals surface area contributed by atoms with Crippen LogP contribution >= 0.6 is 0 Å². The predicted octanol–water partition coefficient (Wildman–Crippen LogP) is 2.53. The van der Waals surface area contributed by atoms with Crippen LogP contribution in [0.2, 0.25) is 0 Å². The Bertz CT molecular complexity index is 1020. The van der Waals surface area contributed by atoms with E-state index in [0.717, 1.165) is 10.9 Å². The minimum atomic E-state index is -0.535. The molecule has 0 fully saturated rings. The molecule has 2 heterocycles. The number of likely N-dealkylation sites (N-methyl/N-ethyl adjacent to an activating group) is 1. The van der Waals surface area contributed by atoms with E-state index in [2.05, 4.69) is 10.6 Å². The number of benzene rings is 1. The Morgan fingerprint density at radius 2 is 2.15 bits per heavy atom. The summed E-state index contributed by atoms with van der Waals surface area (Å²) in [4.78, 5) is 23.9. The first kappa shape index (κ1) is 17.0. The van der Waals surface area contributed by atoms with Crippen LogP contribution in [0.15, 0.2) is 58.8 Å². The molecule has 0 bridgehead atoms. The minimum absolute atomic E-state index is 0.0687. The molecule has 0 atom stereocenters. The van der Waals surface area contributed by atoms with Crippen molar-refractivity contribution in [1.29, 1.82) is 5.26 Å². The lowest BCUT2D eigenvalue weighted by Gasteiger charge is -2.07. The first-order chi connectivity index (χ1) is 12.6. The monoisotopic (exact) mass is 348 g/mol. The second-order valence-electron chi connectivity index (χ2n) is 5.53. The van der Waals surface area contributed by atoms with Gasteiger partial charge in [0, 0.05) is 25.0 Å². The van der Waals surface area contributed by atoms with Gasteiger partial charge >= 0.3 is 0 Å². The van der Waals surface area contributed by atoms with Crippen molar-refractivity contribution < 1.29 is 14.0 Å². The maximum absolute atomic E-state index is 12.3. The Hall–Kier alpha value is -3.79. The highest BCUT2D eigenvalue weighted by Crippen LogP contribution is 2.21. The van der Waals surface area contributed by atoms with E-state index in [1.807, 2.05) is 24.4 Å². The highest BCUT2D eigenvalue weighted by molar-refractivity contribution is 6.10. The smallest absolute Gasteiger partial charge is 0.266 e. The summed E-state index contributed by atoms with van der Waals surface area (Å²) < 4.78 is 6.91. The zero-order chi connectivity index (χ0) is 18.5. The van der Waals surface area contributed by atoms with Crippen molar-refractivity contribution in [3.63, 3.8) is 0 Å². The molecule has 2 amide bonds. The van der Waals surface area contributed by atoms with Crippen LogP contribution in [0, 0.1) is 11.3 Å². The van der Waals surface area contributed by atoms with Gasteiger partial charge in [-0.3, -0.25) is 9.59 Å². The van der Waals surface area contributed by atoms with E-state index in [-0.39, 0.29) is 18.0 Å². The van der Waals surface area contributed by atoms with E-state index >= 15 is 0 Å². The largest absolute Gasteiger partial charge is 0.465 e. The van der Waals surface area contributed by atoms with Gasteiger partial charge in [0.1, 0.15) is 23.9 Å². The van der Waals surface area contributed by atoms with Gasteiger partial charge in [-0.15, -0.1) is 0 Å². The number of furan rings is 1.